The van der Waals surface area contributed by atoms with Gasteiger partial charge in [-0.2, -0.15) is 0 Å². The molecule has 0 fully saturated rings. The summed E-state index contributed by atoms with van der Waals surface area (Å²) in [6, 6.07) is 4.62. The Hall–Kier alpha value is -1.35. The van der Waals surface area contributed by atoms with Crippen LogP contribution < -0.4 is 5.32 Å². The number of Topliss-reactive ketones (excluding diaryl/α,β-unsaturated/α-hetero) is 1. The van der Waals surface area contributed by atoms with E-state index >= 15 is 0 Å². The third-order valence-electron chi connectivity index (χ3n) is 2.61. The quantitative estimate of drug-likeness (QED) is 0.897. The first kappa shape index (κ1) is 13.7. The minimum absolute atomic E-state index is 0.0107. The normalized spacial score (nSPS) is 12.0. The average Bonchev–Trinajstić information content (AvgIpc) is 2.31. The lowest BCUT2D eigenvalue weighted by Gasteiger charge is -2.12. The molecule has 0 saturated carbocycles. The van der Waals surface area contributed by atoms with Crippen LogP contribution in [0.15, 0.2) is 18.2 Å². The van der Waals surface area contributed by atoms with Gasteiger partial charge in [0.2, 0.25) is 0 Å². The molecule has 1 amide bonds. The second kappa shape index (κ2) is 5.82. The van der Waals surface area contributed by atoms with Crippen LogP contribution in [0, 0.1) is 6.92 Å². The van der Waals surface area contributed by atoms with Crippen molar-refractivity contribution in [2.75, 3.05) is 0 Å². The first-order valence-electron chi connectivity index (χ1n) is 5.55. The van der Waals surface area contributed by atoms with E-state index in [4.69, 9.17) is 11.6 Å². The average molecular weight is 254 g/mol. The molecule has 0 aliphatic carbocycles. The zero-order valence-corrected chi connectivity index (χ0v) is 11.0. The Bertz CT molecular complexity index is 443. The predicted molar refractivity (Wildman–Crippen MR) is 68.4 cm³/mol. The Labute approximate surface area is 106 Å². The Morgan fingerprint density at radius 3 is 2.59 bits per heavy atom. The number of hydrogen-bond donors (Lipinski definition) is 1. The summed E-state index contributed by atoms with van der Waals surface area (Å²) in [6.45, 7) is 5.32. The van der Waals surface area contributed by atoms with E-state index in [-0.39, 0.29) is 11.7 Å². The lowest BCUT2D eigenvalue weighted by atomic mass is 10.1. The van der Waals surface area contributed by atoms with Crippen LogP contribution in [-0.4, -0.2) is 17.7 Å². The third-order valence-corrected chi connectivity index (χ3v) is 3.02. The molecule has 0 spiro atoms. The molecule has 17 heavy (non-hydrogen) atoms. The largest absolute Gasteiger partial charge is 0.343 e. The van der Waals surface area contributed by atoms with Crippen molar-refractivity contribution in [3.63, 3.8) is 0 Å². The Morgan fingerprint density at radius 1 is 1.41 bits per heavy atom. The standard InChI is InChI=1S/C13H16ClNO2/c1-4-12(16)9(3)15-13(17)10-6-5-8(2)11(14)7-10/h5-7,9H,4H2,1-3H3,(H,15,17). The molecular weight excluding hydrogens is 238 g/mol. The van der Waals surface area contributed by atoms with Gasteiger partial charge in [-0.1, -0.05) is 24.6 Å². The zero-order valence-electron chi connectivity index (χ0n) is 10.2. The van der Waals surface area contributed by atoms with E-state index in [0.717, 1.165) is 5.56 Å². The molecule has 1 rings (SSSR count). The highest BCUT2D eigenvalue weighted by atomic mass is 35.5. The van der Waals surface area contributed by atoms with Crippen molar-refractivity contribution in [1.29, 1.82) is 0 Å². The van der Waals surface area contributed by atoms with Gasteiger partial charge in [0, 0.05) is 17.0 Å². The predicted octanol–water partition coefficient (Wildman–Crippen LogP) is 2.75. The van der Waals surface area contributed by atoms with Gasteiger partial charge in [-0.15, -0.1) is 0 Å². The first-order valence-corrected chi connectivity index (χ1v) is 5.93. The Kier molecular flexibility index (Phi) is 4.70. The SMILES string of the molecule is CCC(=O)C(C)NC(=O)c1ccc(C)c(Cl)c1. The number of carbonyl (C=O) groups excluding carboxylic acids is 2. The van der Waals surface area contributed by atoms with E-state index in [1.165, 1.54) is 0 Å². The number of ketones is 1. The summed E-state index contributed by atoms with van der Waals surface area (Å²) in [7, 11) is 0. The highest BCUT2D eigenvalue weighted by Gasteiger charge is 2.15. The fourth-order valence-corrected chi connectivity index (χ4v) is 1.58. The lowest BCUT2D eigenvalue weighted by Crippen LogP contribution is -2.38. The van der Waals surface area contributed by atoms with Crippen LogP contribution in [0.3, 0.4) is 0 Å². The van der Waals surface area contributed by atoms with E-state index in [2.05, 4.69) is 5.32 Å². The monoisotopic (exact) mass is 253 g/mol. The molecule has 0 bridgehead atoms. The molecule has 0 aliphatic heterocycles. The van der Waals surface area contributed by atoms with Gasteiger partial charge >= 0.3 is 0 Å². The highest BCUT2D eigenvalue weighted by Crippen LogP contribution is 2.16. The van der Waals surface area contributed by atoms with Crippen molar-refractivity contribution >= 4 is 23.3 Å². The second-order valence-electron chi connectivity index (χ2n) is 3.98. The van der Waals surface area contributed by atoms with E-state index in [1.54, 1.807) is 32.0 Å². The van der Waals surface area contributed by atoms with E-state index in [9.17, 15) is 9.59 Å². The topological polar surface area (TPSA) is 46.2 Å². The second-order valence-corrected chi connectivity index (χ2v) is 4.39. The first-order chi connectivity index (χ1) is 7.95. The van der Waals surface area contributed by atoms with Crippen molar-refractivity contribution < 1.29 is 9.59 Å². The van der Waals surface area contributed by atoms with Gasteiger partial charge < -0.3 is 5.32 Å². The number of benzene rings is 1. The summed E-state index contributed by atoms with van der Waals surface area (Å²) in [5, 5.41) is 3.19. The summed E-state index contributed by atoms with van der Waals surface area (Å²) < 4.78 is 0. The molecule has 1 unspecified atom stereocenters. The van der Waals surface area contributed by atoms with Crippen LogP contribution in [0.4, 0.5) is 0 Å². The van der Waals surface area contributed by atoms with E-state index in [0.29, 0.717) is 17.0 Å². The maximum Gasteiger partial charge on any atom is 0.251 e. The number of rotatable bonds is 4. The number of aryl methyl sites for hydroxylation is 1. The van der Waals surface area contributed by atoms with Gasteiger partial charge in [-0.05, 0) is 31.5 Å². The van der Waals surface area contributed by atoms with Crippen molar-refractivity contribution in [2.24, 2.45) is 0 Å². The molecule has 0 heterocycles. The van der Waals surface area contributed by atoms with Crippen LogP contribution in [0.2, 0.25) is 5.02 Å². The fraction of sp³-hybridized carbons (Fsp3) is 0.385. The summed E-state index contributed by atoms with van der Waals surface area (Å²) in [5.74, 6) is -0.266. The third kappa shape index (κ3) is 3.56. The summed E-state index contributed by atoms with van der Waals surface area (Å²) in [5.41, 5.74) is 1.39. The number of hydrogen-bond acceptors (Lipinski definition) is 2. The summed E-state index contributed by atoms with van der Waals surface area (Å²) >= 11 is 5.94. The number of carbonyl (C=O) groups is 2. The molecule has 0 aromatic heterocycles. The molecule has 1 aromatic rings. The van der Waals surface area contributed by atoms with Crippen LogP contribution in [0.5, 0.6) is 0 Å². The fourth-order valence-electron chi connectivity index (χ4n) is 1.40. The van der Waals surface area contributed by atoms with Crippen LogP contribution in [0.25, 0.3) is 0 Å². The lowest BCUT2D eigenvalue weighted by molar-refractivity contribution is -0.120. The van der Waals surface area contributed by atoms with Crippen LogP contribution >= 0.6 is 11.6 Å². The number of nitrogens with one attached hydrogen (secondary N) is 1. The number of amides is 1. The summed E-state index contributed by atoms with van der Waals surface area (Å²) in [4.78, 5) is 23.2. The highest BCUT2D eigenvalue weighted by molar-refractivity contribution is 6.31. The number of halogens is 1. The molecule has 0 radical (unpaired) electrons. The minimum atomic E-state index is -0.465. The minimum Gasteiger partial charge on any atom is -0.343 e. The molecule has 4 heteroatoms. The molecule has 92 valence electrons. The molecule has 0 saturated heterocycles. The Balaban J connectivity index is 2.76. The molecule has 1 atom stereocenters. The van der Waals surface area contributed by atoms with Crippen molar-refractivity contribution in [2.45, 2.75) is 33.2 Å². The van der Waals surface area contributed by atoms with Crippen LogP contribution in [-0.2, 0) is 4.79 Å². The molecule has 1 N–H and O–H groups in total. The maximum absolute atomic E-state index is 11.8. The summed E-state index contributed by atoms with van der Waals surface area (Å²) in [6.07, 6.45) is 0.413. The van der Waals surface area contributed by atoms with Gasteiger partial charge in [0.15, 0.2) is 5.78 Å². The van der Waals surface area contributed by atoms with Gasteiger partial charge in [-0.3, -0.25) is 9.59 Å². The van der Waals surface area contributed by atoms with Crippen molar-refractivity contribution in [3.05, 3.63) is 34.3 Å². The van der Waals surface area contributed by atoms with E-state index < -0.39 is 6.04 Å². The Morgan fingerprint density at radius 2 is 2.06 bits per heavy atom. The van der Waals surface area contributed by atoms with Gasteiger partial charge in [-0.25, -0.2) is 0 Å². The molecule has 3 nitrogen and oxygen atoms in total. The maximum atomic E-state index is 11.8. The van der Waals surface area contributed by atoms with Gasteiger partial charge in [0.1, 0.15) is 0 Å². The van der Waals surface area contributed by atoms with Crippen molar-refractivity contribution in [3.8, 4) is 0 Å². The van der Waals surface area contributed by atoms with Gasteiger partial charge in [0.25, 0.3) is 5.91 Å². The van der Waals surface area contributed by atoms with Crippen LogP contribution in [0.1, 0.15) is 36.2 Å². The molecule has 1 aromatic carbocycles. The zero-order chi connectivity index (χ0) is 13.0. The van der Waals surface area contributed by atoms with Gasteiger partial charge in [0.05, 0.1) is 6.04 Å². The smallest absolute Gasteiger partial charge is 0.251 e. The van der Waals surface area contributed by atoms with E-state index in [1.807, 2.05) is 6.92 Å². The van der Waals surface area contributed by atoms with Crippen molar-refractivity contribution in [1.82, 2.24) is 5.32 Å². The molecular formula is C13H16ClNO2. The molecule has 0 aliphatic rings.